The minimum absolute atomic E-state index is 0.0189. The second-order valence-corrected chi connectivity index (χ2v) is 7.47. The van der Waals surface area contributed by atoms with Gasteiger partial charge in [0.15, 0.2) is 5.82 Å². The van der Waals surface area contributed by atoms with Gasteiger partial charge in [0.25, 0.3) is 0 Å². The van der Waals surface area contributed by atoms with Gasteiger partial charge in [-0.1, -0.05) is 30.8 Å². The van der Waals surface area contributed by atoms with E-state index in [1.807, 2.05) is 0 Å². The molecule has 23 heavy (non-hydrogen) atoms. The lowest BCUT2D eigenvalue weighted by atomic mass is 9.80. The van der Waals surface area contributed by atoms with Crippen LogP contribution >= 0.6 is 0 Å². The molecule has 1 aromatic heterocycles. The first kappa shape index (κ1) is 15.1. The molecule has 3 aliphatic rings. The van der Waals surface area contributed by atoms with E-state index in [4.69, 9.17) is 4.52 Å². The number of hydrogen-bond acceptors (Lipinski definition) is 5. The Balaban J connectivity index is 1.39. The van der Waals surface area contributed by atoms with E-state index in [9.17, 15) is 4.79 Å². The molecule has 2 aliphatic carbocycles. The van der Waals surface area contributed by atoms with Crippen LogP contribution in [0.2, 0.25) is 0 Å². The Kier molecular flexibility index (Phi) is 4.09. The van der Waals surface area contributed by atoms with Gasteiger partial charge in [-0.05, 0) is 38.1 Å². The molecule has 0 spiro atoms. The number of nitrogens with zero attached hydrogens (tertiary/aromatic N) is 2. The lowest BCUT2D eigenvalue weighted by Gasteiger charge is -2.23. The molecule has 3 fully saturated rings. The highest BCUT2D eigenvalue weighted by atomic mass is 16.5. The third-order valence-corrected chi connectivity index (χ3v) is 5.97. The first-order valence-corrected chi connectivity index (χ1v) is 9.09. The fourth-order valence-corrected chi connectivity index (χ4v) is 4.70. The van der Waals surface area contributed by atoms with Crippen LogP contribution in [0.3, 0.4) is 0 Å². The lowest BCUT2D eigenvalue weighted by Crippen LogP contribution is -2.37. The fraction of sp³-hybridized carbons (Fsp3) is 0.824. The molecule has 0 radical (unpaired) electrons. The van der Waals surface area contributed by atoms with Crippen molar-refractivity contribution in [1.82, 2.24) is 20.8 Å². The summed E-state index contributed by atoms with van der Waals surface area (Å²) in [4.78, 5) is 16.8. The van der Waals surface area contributed by atoms with E-state index >= 15 is 0 Å². The van der Waals surface area contributed by atoms with Crippen LogP contribution in [0, 0.1) is 5.92 Å². The molecule has 6 nitrogen and oxygen atoms in total. The van der Waals surface area contributed by atoms with Gasteiger partial charge in [-0.25, -0.2) is 0 Å². The highest BCUT2D eigenvalue weighted by Crippen LogP contribution is 2.47. The van der Waals surface area contributed by atoms with Crippen molar-refractivity contribution in [3.63, 3.8) is 0 Å². The molecule has 0 bridgehead atoms. The van der Waals surface area contributed by atoms with Gasteiger partial charge < -0.3 is 15.2 Å². The van der Waals surface area contributed by atoms with Gasteiger partial charge >= 0.3 is 0 Å². The summed E-state index contributed by atoms with van der Waals surface area (Å²) >= 11 is 0. The number of aromatic nitrogens is 2. The molecule has 2 saturated carbocycles. The fourth-order valence-electron chi connectivity index (χ4n) is 4.70. The Hall–Kier alpha value is -1.43. The van der Waals surface area contributed by atoms with E-state index in [-0.39, 0.29) is 17.7 Å². The maximum absolute atomic E-state index is 12.2. The summed E-state index contributed by atoms with van der Waals surface area (Å²) in [6.45, 7) is 1.97. The second-order valence-electron chi connectivity index (χ2n) is 7.47. The zero-order chi connectivity index (χ0) is 15.7. The number of carbonyl (C=O) groups excluding carboxylic acids is 1. The zero-order valence-electron chi connectivity index (χ0n) is 13.6. The zero-order valence-corrected chi connectivity index (χ0v) is 13.6. The molecule has 4 rings (SSSR count). The van der Waals surface area contributed by atoms with Crippen molar-refractivity contribution < 1.29 is 9.32 Å². The number of amides is 1. The Labute approximate surface area is 136 Å². The monoisotopic (exact) mass is 318 g/mol. The molecule has 2 atom stereocenters. The Bertz CT molecular complexity index is 555. The Morgan fingerprint density at radius 2 is 2.13 bits per heavy atom. The maximum atomic E-state index is 12.2. The average molecular weight is 318 g/mol. The highest BCUT2D eigenvalue weighted by Gasteiger charge is 2.51. The Morgan fingerprint density at radius 1 is 1.26 bits per heavy atom. The van der Waals surface area contributed by atoms with Crippen molar-refractivity contribution >= 4 is 5.91 Å². The van der Waals surface area contributed by atoms with Gasteiger partial charge in [0.1, 0.15) is 0 Å². The third-order valence-electron chi connectivity index (χ3n) is 5.97. The summed E-state index contributed by atoms with van der Waals surface area (Å²) in [6, 6.07) is 0.333. The molecule has 0 aromatic carbocycles. The minimum Gasteiger partial charge on any atom is -0.353 e. The smallest absolute Gasteiger partial charge is 0.234 e. The van der Waals surface area contributed by atoms with Crippen LogP contribution in [0.15, 0.2) is 4.52 Å². The molecule has 1 aliphatic heterocycles. The van der Waals surface area contributed by atoms with Crippen molar-refractivity contribution in [2.45, 2.75) is 69.2 Å². The van der Waals surface area contributed by atoms with Crippen molar-refractivity contribution in [3.05, 3.63) is 11.7 Å². The predicted molar refractivity (Wildman–Crippen MR) is 84.9 cm³/mol. The molecule has 1 saturated heterocycles. The van der Waals surface area contributed by atoms with E-state index in [0.717, 1.165) is 38.2 Å². The molecule has 2 heterocycles. The van der Waals surface area contributed by atoms with Crippen molar-refractivity contribution in [3.8, 4) is 0 Å². The molecule has 1 amide bonds. The molecular formula is C17H26N4O2. The topological polar surface area (TPSA) is 80.1 Å². The third kappa shape index (κ3) is 2.89. The van der Waals surface area contributed by atoms with Crippen LogP contribution in [0.25, 0.3) is 0 Å². The number of nitrogens with one attached hydrogen (secondary N) is 2. The average Bonchev–Trinajstić information content (AvgIpc) is 3.22. The standard InChI is InChI=1S/C17H26N4O2/c22-15(19-13-6-2-1-3-7-13)9-14-20-16(23-21-14)17-8-4-5-12(17)10-18-11-17/h12-13,18H,1-11H2,(H,19,22)/t12-,17-/m1/s1. The predicted octanol–water partition coefficient (Wildman–Crippen LogP) is 1.70. The van der Waals surface area contributed by atoms with E-state index < -0.39 is 0 Å². The van der Waals surface area contributed by atoms with Gasteiger partial charge in [-0.2, -0.15) is 4.98 Å². The van der Waals surface area contributed by atoms with Crippen LogP contribution in [-0.2, 0) is 16.6 Å². The van der Waals surface area contributed by atoms with Gasteiger partial charge in [0.2, 0.25) is 11.8 Å². The molecular weight excluding hydrogens is 292 g/mol. The first-order chi connectivity index (χ1) is 11.3. The molecule has 0 unspecified atom stereocenters. The normalized spacial score (nSPS) is 31.2. The summed E-state index contributed by atoms with van der Waals surface area (Å²) < 4.78 is 5.56. The lowest BCUT2D eigenvalue weighted by molar-refractivity contribution is -0.121. The van der Waals surface area contributed by atoms with Crippen molar-refractivity contribution in [2.24, 2.45) is 5.92 Å². The number of fused-ring (bicyclic) bond motifs is 1. The van der Waals surface area contributed by atoms with Crippen LogP contribution in [0.5, 0.6) is 0 Å². The Morgan fingerprint density at radius 3 is 3.00 bits per heavy atom. The highest BCUT2D eigenvalue weighted by molar-refractivity contribution is 5.78. The van der Waals surface area contributed by atoms with Crippen molar-refractivity contribution in [2.75, 3.05) is 13.1 Å². The first-order valence-electron chi connectivity index (χ1n) is 9.09. The van der Waals surface area contributed by atoms with Crippen LogP contribution < -0.4 is 10.6 Å². The second kappa shape index (κ2) is 6.23. The van der Waals surface area contributed by atoms with Crippen molar-refractivity contribution in [1.29, 1.82) is 0 Å². The van der Waals surface area contributed by atoms with E-state index in [2.05, 4.69) is 20.8 Å². The van der Waals surface area contributed by atoms with Crippen LogP contribution in [0.1, 0.15) is 63.1 Å². The van der Waals surface area contributed by atoms with E-state index in [1.165, 1.54) is 32.1 Å². The molecule has 126 valence electrons. The van der Waals surface area contributed by atoms with E-state index in [0.29, 0.717) is 17.8 Å². The molecule has 2 N–H and O–H groups in total. The maximum Gasteiger partial charge on any atom is 0.234 e. The SMILES string of the molecule is O=C(Cc1noc([C@@]23CCC[C@@H]2CNC3)n1)NC1CCCCC1. The van der Waals surface area contributed by atoms with Gasteiger partial charge in [0.05, 0.1) is 11.8 Å². The number of rotatable bonds is 4. The quantitative estimate of drug-likeness (QED) is 0.883. The summed E-state index contributed by atoms with van der Waals surface area (Å²) in [5, 5.41) is 10.7. The van der Waals surface area contributed by atoms with Gasteiger partial charge in [0, 0.05) is 12.6 Å². The number of carbonyl (C=O) groups is 1. The number of hydrogen-bond donors (Lipinski definition) is 2. The van der Waals surface area contributed by atoms with Crippen LogP contribution in [0.4, 0.5) is 0 Å². The minimum atomic E-state index is 0.0189. The molecule has 6 heteroatoms. The summed E-state index contributed by atoms with van der Waals surface area (Å²) in [5.41, 5.74) is 0.0189. The largest absolute Gasteiger partial charge is 0.353 e. The van der Waals surface area contributed by atoms with E-state index in [1.54, 1.807) is 0 Å². The van der Waals surface area contributed by atoms with Gasteiger partial charge in [-0.15, -0.1) is 0 Å². The van der Waals surface area contributed by atoms with Crippen LogP contribution in [-0.4, -0.2) is 35.2 Å². The summed E-state index contributed by atoms with van der Waals surface area (Å²) in [7, 11) is 0. The van der Waals surface area contributed by atoms with Gasteiger partial charge in [-0.3, -0.25) is 4.79 Å². The molecule has 1 aromatic rings. The summed E-state index contributed by atoms with van der Waals surface area (Å²) in [6.07, 6.45) is 9.72. The summed E-state index contributed by atoms with van der Waals surface area (Å²) in [5.74, 6) is 1.90.